The summed E-state index contributed by atoms with van der Waals surface area (Å²) in [6.45, 7) is 6.20. The van der Waals surface area contributed by atoms with Crippen LogP contribution in [0.3, 0.4) is 0 Å². The van der Waals surface area contributed by atoms with E-state index in [2.05, 4.69) is 27.3 Å². The van der Waals surface area contributed by atoms with E-state index in [1.54, 1.807) is 17.6 Å². The molecule has 6 heteroatoms. The Morgan fingerprint density at radius 3 is 2.40 bits per heavy atom. The SMILES string of the molecule is Clc1ccc(CN2CCN(Cc3csc(-c4ccco4)n3)CC2)cc1. The third-order valence-corrected chi connectivity index (χ3v) is 5.61. The molecule has 1 fully saturated rings. The molecular formula is C19H20ClN3OS. The Labute approximate surface area is 156 Å². The molecule has 0 N–H and O–H groups in total. The predicted octanol–water partition coefficient (Wildman–Crippen LogP) is 4.37. The van der Waals surface area contributed by atoms with Gasteiger partial charge in [-0.1, -0.05) is 23.7 Å². The Balaban J connectivity index is 1.28. The van der Waals surface area contributed by atoms with Crippen molar-refractivity contribution < 1.29 is 4.42 Å². The molecule has 3 heterocycles. The molecule has 1 aromatic carbocycles. The van der Waals surface area contributed by atoms with Crippen LogP contribution in [0.2, 0.25) is 5.02 Å². The first kappa shape index (κ1) is 16.8. The van der Waals surface area contributed by atoms with Crippen LogP contribution in [0.5, 0.6) is 0 Å². The normalized spacial score (nSPS) is 16.4. The molecule has 25 heavy (non-hydrogen) atoms. The van der Waals surface area contributed by atoms with Crippen molar-refractivity contribution in [2.75, 3.05) is 26.2 Å². The van der Waals surface area contributed by atoms with E-state index in [0.29, 0.717) is 0 Å². The van der Waals surface area contributed by atoms with Crippen LogP contribution in [0.15, 0.2) is 52.5 Å². The quantitative estimate of drug-likeness (QED) is 0.664. The number of halogens is 1. The van der Waals surface area contributed by atoms with Gasteiger partial charge in [0.2, 0.25) is 0 Å². The maximum atomic E-state index is 5.95. The van der Waals surface area contributed by atoms with Gasteiger partial charge in [0, 0.05) is 49.7 Å². The minimum Gasteiger partial charge on any atom is -0.462 e. The first-order chi connectivity index (χ1) is 12.3. The van der Waals surface area contributed by atoms with E-state index >= 15 is 0 Å². The minimum atomic E-state index is 0.797. The lowest BCUT2D eigenvalue weighted by Gasteiger charge is -2.34. The van der Waals surface area contributed by atoms with Gasteiger partial charge in [0.25, 0.3) is 0 Å². The largest absolute Gasteiger partial charge is 0.462 e. The predicted molar refractivity (Wildman–Crippen MR) is 102 cm³/mol. The van der Waals surface area contributed by atoms with Crippen LogP contribution >= 0.6 is 22.9 Å². The number of hydrogen-bond donors (Lipinski definition) is 0. The molecule has 2 aromatic heterocycles. The van der Waals surface area contributed by atoms with Crippen LogP contribution in [-0.4, -0.2) is 41.0 Å². The van der Waals surface area contributed by atoms with Crippen LogP contribution < -0.4 is 0 Å². The number of furan rings is 1. The molecule has 0 bridgehead atoms. The van der Waals surface area contributed by atoms with E-state index in [1.807, 2.05) is 24.3 Å². The number of thiazole rings is 1. The van der Waals surface area contributed by atoms with Crippen molar-refractivity contribution in [1.82, 2.24) is 14.8 Å². The molecule has 0 atom stereocenters. The third-order valence-electron chi connectivity index (χ3n) is 4.45. The van der Waals surface area contributed by atoms with Crippen LogP contribution in [-0.2, 0) is 13.1 Å². The van der Waals surface area contributed by atoms with Crippen LogP contribution in [0.1, 0.15) is 11.3 Å². The highest BCUT2D eigenvalue weighted by Gasteiger charge is 2.18. The lowest BCUT2D eigenvalue weighted by molar-refractivity contribution is 0.121. The minimum absolute atomic E-state index is 0.797. The molecule has 0 saturated carbocycles. The van der Waals surface area contributed by atoms with Gasteiger partial charge in [-0.3, -0.25) is 9.80 Å². The molecule has 1 aliphatic heterocycles. The zero-order valence-corrected chi connectivity index (χ0v) is 15.5. The fourth-order valence-corrected chi connectivity index (χ4v) is 3.98. The van der Waals surface area contributed by atoms with E-state index in [4.69, 9.17) is 21.0 Å². The first-order valence-corrected chi connectivity index (χ1v) is 9.69. The van der Waals surface area contributed by atoms with E-state index in [9.17, 15) is 0 Å². The Morgan fingerprint density at radius 1 is 1.00 bits per heavy atom. The number of nitrogens with zero attached hydrogens (tertiary/aromatic N) is 3. The molecule has 4 rings (SSSR count). The van der Waals surface area contributed by atoms with Gasteiger partial charge in [0.05, 0.1) is 12.0 Å². The molecular weight excluding hydrogens is 354 g/mol. The van der Waals surface area contributed by atoms with Gasteiger partial charge in [-0.05, 0) is 29.8 Å². The van der Waals surface area contributed by atoms with E-state index in [-0.39, 0.29) is 0 Å². The fraction of sp³-hybridized carbons (Fsp3) is 0.316. The van der Waals surface area contributed by atoms with Crippen LogP contribution in [0.25, 0.3) is 10.8 Å². The van der Waals surface area contributed by atoms with Crippen molar-refractivity contribution in [1.29, 1.82) is 0 Å². The number of hydrogen-bond acceptors (Lipinski definition) is 5. The average Bonchev–Trinajstić information content (AvgIpc) is 3.30. The fourth-order valence-electron chi connectivity index (χ4n) is 3.08. The Morgan fingerprint density at radius 2 is 1.72 bits per heavy atom. The summed E-state index contributed by atoms with van der Waals surface area (Å²) < 4.78 is 5.42. The Bertz CT molecular complexity index is 792. The molecule has 130 valence electrons. The standard InChI is InChI=1S/C19H20ClN3OS/c20-16-5-3-15(4-6-16)12-22-7-9-23(10-8-22)13-17-14-25-19(21-17)18-2-1-11-24-18/h1-6,11,14H,7-10,12-13H2. The summed E-state index contributed by atoms with van der Waals surface area (Å²) in [5, 5.41) is 3.89. The van der Waals surface area contributed by atoms with Crippen molar-refractivity contribution in [2.45, 2.75) is 13.1 Å². The summed E-state index contributed by atoms with van der Waals surface area (Å²) >= 11 is 7.60. The zero-order chi connectivity index (χ0) is 17.1. The van der Waals surface area contributed by atoms with Gasteiger partial charge in [0.1, 0.15) is 0 Å². The Kier molecular flexibility index (Phi) is 5.17. The molecule has 1 aliphatic rings. The van der Waals surface area contributed by atoms with Gasteiger partial charge in [0.15, 0.2) is 10.8 Å². The number of aromatic nitrogens is 1. The summed E-state index contributed by atoms with van der Waals surface area (Å²) in [5.74, 6) is 0.851. The average molecular weight is 374 g/mol. The highest BCUT2D eigenvalue weighted by Crippen LogP contribution is 2.24. The second-order valence-electron chi connectivity index (χ2n) is 6.30. The van der Waals surface area contributed by atoms with Gasteiger partial charge < -0.3 is 4.42 Å². The summed E-state index contributed by atoms with van der Waals surface area (Å²) in [4.78, 5) is 9.67. The molecule has 3 aromatic rings. The second kappa shape index (κ2) is 7.70. The summed E-state index contributed by atoms with van der Waals surface area (Å²) in [7, 11) is 0. The van der Waals surface area contributed by atoms with Crippen LogP contribution in [0, 0.1) is 0 Å². The van der Waals surface area contributed by atoms with E-state index < -0.39 is 0 Å². The molecule has 0 aliphatic carbocycles. The topological polar surface area (TPSA) is 32.5 Å². The lowest BCUT2D eigenvalue weighted by atomic mass is 10.2. The smallest absolute Gasteiger partial charge is 0.162 e. The molecule has 0 radical (unpaired) electrons. The highest BCUT2D eigenvalue weighted by molar-refractivity contribution is 7.13. The molecule has 1 saturated heterocycles. The molecule has 0 unspecified atom stereocenters. The van der Waals surface area contributed by atoms with Crippen molar-refractivity contribution in [3.05, 3.63) is 64.3 Å². The van der Waals surface area contributed by atoms with Crippen molar-refractivity contribution >= 4 is 22.9 Å². The van der Waals surface area contributed by atoms with Crippen molar-refractivity contribution in [3.63, 3.8) is 0 Å². The van der Waals surface area contributed by atoms with Gasteiger partial charge >= 0.3 is 0 Å². The Hall–Kier alpha value is -1.66. The second-order valence-corrected chi connectivity index (χ2v) is 7.59. The highest BCUT2D eigenvalue weighted by atomic mass is 35.5. The first-order valence-electron chi connectivity index (χ1n) is 8.44. The van der Waals surface area contributed by atoms with E-state index in [0.717, 1.165) is 60.8 Å². The maximum absolute atomic E-state index is 5.95. The summed E-state index contributed by atoms with van der Waals surface area (Å²) in [6.07, 6.45) is 1.69. The van der Waals surface area contributed by atoms with Gasteiger partial charge in [-0.15, -0.1) is 11.3 Å². The lowest BCUT2D eigenvalue weighted by Crippen LogP contribution is -2.45. The molecule has 0 spiro atoms. The monoisotopic (exact) mass is 373 g/mol. The van der Waals surface area contributed by atoms with Crippen molar-refractivity contribution in [2.24, 2.45) is 0 Å². The molecule has 4 nitrogen and oxygen atoms in total. The van der Waals surface area contributed by atoms with Crippen molar-refractivity contribution in [3.8, 4) is 10.8 Å². The summed E-state index contributed by atoms with van der Waals surface area (Å²) in [5.41, 5.74) is 2.45. The van der Waals surface area contributed by atoms with Gasteiger partial charge in [-0.25, -0.2) is 4.98 Å². The van der Waals surface area contributed by atoms with Gasteiger partial charge in [-0.2, -0.15) is 0 Å². The van der Waals surface area contributed by atoms with Crippen LogP contribution in [0.4, 0.5) is 0 Å². The zero-order valence-electron chi connectivity index (χ0n) is 13.9. The summed E-state index contributed by atoms with van der Waals surface area (Å²) in [6, 6.07) is 12.0. The molecule has 0 amide bonds. The number of benzene rings is 1. The third kappa shape index (κ3) is 4.30. The van der Waals surface area contributed by atoms with E-state index in [1.165, 1.54) is 5.56 Å². The number of piperazine rings is 1. The maximum Gasteiger partial charge on any atom is 0.162 e. The number of rotatable bonds is 5.